The Hall–Kier alpha value is -3.87. The van der Waals surface area contributed by atoms with Crippen molar-refractivity contribution in [1.82, 2.24) is 14.8 Å². The monoisotopic (exact) mass is 398 g/mol. The van der Waals surface area contributed by atoms with Gasteiger partial charge in [0.2, 0.25) is 5.91 Å². The minimum absolute atomic E-state index is 0.0575. The van der Waals surface area contributed by atoms with Gasteiger partial charge in [0.25, 0.3) is 0 Å². The van der Waals surface area contributed by atoms with E-state index in [1.165, 1.54) is 5.56 Å². The first kappa shape index (κ1) is 18.2. The molecule has 0 saturated heterocycles. The molecule has 1 aliphatic rings. The summed E-state index contributed by atoms with van der Waals surface area (Å²) in [5.74, 6) is 1.52. The molecule has 0 spiro atoms. The van der Waals surface area contributed by atoms with Gasteiger partial charge in [0.05, 0.1) is 16.9 Å². The SMILES string of the molecule is CC(=O)N1CCc2cccc(Nc3ccnc(Nc4nn(C)c5ccccc45)c3)c21. The fourth-order valence-corrected chi connectivity index (χ4v) is 4.03. The van der Waals surface area contributed by atoms with Crippen molar-refractivity contribution < 1.29 is 4.79 Å². The summed E-state index contributed by atoms with van der Waals surface area (Å²) in [6.07, 6.45) is 2.63. The number of aryl methyl sites for hydroxylation is 1. The fraction of sp³-hybridized carbons (Fsp3) is 0.174. The van der Waals surface area contributed by atoms with Crippen LogP contribution in [0.3, 0.4) is 0 Å². The van der Waals surface area contributed by atoms with Gasteiger partial charge in [-0.2, -0.15) is 5.10 Å². The molecule has 2 aromatic heterocycles. The molecule has 2 N–H and O–H groups in total. The summed E-state index contributed by atoms with van der Waals surface area (Å²) in [6, 6.07) is 18.0. The third-order valence-corrected chi connectivity index (χ3v) is 5.42. The zero-order chi connectivity index (χ0) is 20.7. The molecule has 1 aliphatic heterocycles. The molecule has 0 fully saturated rings. The second-order valence-corrected chi connectivity index (χ2v) is 7.40. The zero-order valence-corrected chi connectivity index (χ0v) is 16.9. The molecule has 0 bridgehead atoms. The largest absolute Gasteiger partial charge is 0.354 e. The third kappa shape index (κ3) is 3.14. The third-order valence-electron chi connectivity index (χ3n) is 5.42. The lowest BCUT2D eigenvalue weighted by Crippen LogP contribution is -2.26. The maximum atomic E-state index is 12.0. The number of nitrogens with one attached hydrogen (secondary N) is 2. The molecule has 7 heteroatoms. The summed E-state index contributed by atoms with van der Waals surface area (Å²) in [6.45, 7) is 2.33. The van der Waals surface area contributed by atoms with Crippen LogP contribution in [0.5, 0.6) is 0 Å². The van der Waals surface area contributed by atoms with Gasteiger partial charge in [-0.15, -0.1) is 0 Å². The highest BCUT2D eigenvalue weighted by molar-refractivity contribution is 5.98. The van der Waals surface area contributed by atoms with Crippen LogP contribution < -0.4 is 15.5 Å². The van der Waals surface area contributed by atoms with Crippen LogP contribution in [0.1, 0.15) is 12.5 Å². The number of hydrogen-bond donors (Lipinski definition) is 2. The number of pyridine rings is 1. The minimum Gasteiger partial charge on any atom is -0.354 e. The number of fused-ring (bicyclic) bond motifs is 2. The van der Waals surface area contributed by atoms with Gasteiger partial charge < -0.3 is 15.5 Å². The number of hydrogen-bond acceptors (Lipinski definition) is 5. The van der Waals surface area contributed by atoms with Gasteiger partial charge in [0, 0.05) is 43.9 Å². The standard InChI is InChI=1S/C23H22N6O/c1-15(30)29-13-11-16-6-5-8-19(22(16)29)25-17-10-12-24-21(14-17)26-23-18-7-3-4-9-20(18)28(2)27-23/h3-10,12,14H,11,13H2,1-2H3,(H2,24,25,26,27). The van der Waals surface area contributed by atoms with Crippen molar-refractivity contribution in [3.8, 4) is 0 Å². The van der Waals surface area contributed by atoms with Gasteiger partial charge in [-0.05, 0) is 36.2 Å². The van der Waals surface area contributed by atoms with Gasteiger partial charge in [0.15, 0.2) is 5.82 Å². The average molecular weight is 398 g/mol. The van der Waals surface area contributed by atoms with Crippen molar-refractivity contribution in [3.05, 3.63) is 66.4 Å². The normalized spacial score (nSPS) is 12.8. The number of nitrogens with zero attached hydrogens (tertiary/aromatic N) is 4. The van der Waals surface area contributed by atoms with Crippen molar-refractivity contribution >= 4 is 45.5 Å². The Kier molecular flexibility index (Phi) is 4.35. The number of aromatic nitrogens is 3. The lowest BCUT2D eigenvalue weighted by Gasteiger charge is -2.19. The quantitative estimate of drug-likeness (QED) is 0.534. The van der Waals surface area contributed by atoms with Crippen LogP contribution in [0.2, 0.25) is 0 Å². The Morgan fingerprint density at radius 1 is 1.07 bits per heavy atom. The fourth-order valence-electron chi connectivity index (χ4n) is 4.03. The van der Waals surface area contributed by atoms with Crippen molar-refractivity contribution in [2.45, 2.75) is 13.3 Å². The Balaban J connectivity index is 1.44. The summed E-state index contributed by atoms with van der Waals surface area (Å²) in [4.78, 5) is 18.3. The highest BCUT2D eigenvalue weighted by atomic mass is 16.2. The molecule has 150 valence electrons. The molecule has 30 heavy (non-hydrogen) atoms. The Morgan fingerprint density at radius 2 is 1.93 bits per heavy atom. The van der Waals surface area contributed by atoms with E-state index in [4.69, 9.17) is 0 Å². The van der Waals surface area contributed by atoms with Crippen LogP contribution in [0.15, 0.2) is 60.8 Å². The summed E-state index contributed by atoms with van der Waals surface area (Å²) < 4.78 is 1.85. The molecule has 2 aromatic carbocycles. The molecule has 1 amide bonds. The van der Waals surface area contributed by atoms with Gasteiger partial charge in [-0.3, -0.25) is 9.48 Å². The average Bonchev–Trinajstić information content (AvgIpc) is 3.31. The van der Waals surface area contributed by atoms with Crippen molar-refractivity contribution in [2.24, 2.45) is 7.05 Å². The van der Waals surface area contributed by atoms with Crippen LogP contribution in [-0.4, -0.2) is 27.2 Å². The molecule has 0 saturated carbocycles. The number of amides is 1. The summed E-state index contributed by atoms with van der Waals surface area (Å²) in [5.41, 5.74) is 5.00. The summed E-state index contributed by atoms with van der Waals surface area (Å²) >= 11 is 0. The van der Waals surface area contributed by atoms with Gasteiger partial charge in [-0.25, -0.2) is 4.98 Å². The smallest absolute Gasteiger partial charge is 0.223 e. The van der Waals surface area contributed by atoms with Gasteiger partial charge in [0.1, 0.15) is 5.82 Å². The van der Waals surface area contributed by atoms with Gasteiger partial charge >= 0.3 is 0 Å². The summed E-state index contributed by atoms with van der Waals surface area (Å²) in [5, 5.41) is 12.4. The lowest BCUT2D eigenvalue weighted by molar-refractivity contribution is -0.116. The van der Waals surface area contributed by atoms with Crippen molar-refractivity contribution in [3.63, 3.8) is 0 Å². The molecule has 0 radical (unpaired) electrons. The van der Waals surface area contributed by atoms with Crippen LogP contribution in [0.4, 0.5) is 28.7 Å². The molecule has 4 aromatic rings. The van der Waals surface area contributed by atoms with Crippen LogP contribution in [0.25, 0.3) is 10.9 Å². The van der Waals surface area contributed by atoms with Crippen molar-refractivity contribution in [1.29, 1.82) is 0 Å². The molecule has 5 rings (SSSR count). The molecular formula is C23H22N6O. The van der Waals surface area contributed by atoms with E-state index in [9.17, 15) is 4.79 Å². The van der Waals surface area contributed by atoms with E-state index in [1.807, 2.05) is 65.2 Å². The number of anilines is 5. The van der Waals surface area contributed by atoms with E-state index < -0.39 is 0 Å². The van der Waals surface area contributed by atoms with Crippen LogP contribution in [-0.2, 0) is 18.3 Å². The van der Waals surface area contributed by atoms with E-state index in [0.717, 1.165) is 46.7 Å². The van der Waals surface area contributed by atoms with Crippen LogP contribution in [0, 0.1) is 0 Å². The van der Waals surface area contributed by atoms with E-state index in [1.54, 1.807) is 13.1 Å². The van der Waals surface area contributed by atoms with Crippen molar-refractivity contribution in [2.75, 3.05) is 22.1 Å². The predicted octanol–water partition coefficient (Wildman–Crippen LogP) is 4.36. The minimum atomic E-state index is 0.0575. The predicted molar refractivity (Wildman–Crippen MR) is 120 cm³/mol. The van der Waals surface area contributed by atoms with Crippen LogP contribution >= 0.6 is 0 Å². The van der Waals surface area contributed by atoms with Gasteiger partial charge in [-0.1, -0.05) is 24.3 Å². The van der Waals surface area contributed by atoms with E-state index >= 15 is 0 Å². The highest BCUT2D eigenvalue weighted by Gasteiger charge is 2.25. The zero-order valence-electron chi connectivity index (χ0n) is 16.9. The maximum absolute atomic E-state index is 12.0. The molecule has 0 atom stereocenters. The molecule has 7 nitrogen and oxygen atoms in total. The number of carbonyl (C=O) groups excluding carboxylic acids is 1. The van der Waals surface area contributed by atoms with E-state index in [2.05, 4.69) is 26.8 Å². The second-order valence-electron chi connectivity index (χ2n) is 7.40. The first-order valence-electron chi connectivity index (χ1n) is 9.92. The highest BCUT2D eigenvalue weighted by Crippen LogP contribution is 2.37. The number of carbonyl (C=O) groups is 1. The summed E-state index contributed by atoms with van der Waals surface area (Å²) in [7, 11) is 1.93. The Labute approximate surface area is 174 Å². The number of para-hydroxylation sites is 2. The Bertz CT molecular complexity index is 1260. The second kappa shape index (κ2) is 7.18. The molecular weight excluding hydrogens is 376 g/mol. The first-order valence-corrected chi connectivity index (χ1v) is 9.92. The lowest BCUT2D eigenvalue weighted by atomic mass is 10.1. The number of benzene rings is 2. The molecule has 0 unspecified atom stereocenters. The maximum Gasteiger partial charge on any atom is 0.223 e. The topological polar surface area (TPSA) is 75.1 Å². The molecule has 0 aliphatic carbocycles. The van der Waals surface area contributed by atoms with E-state index in [-0.39, 0.29) is 5.91 Å². The Morgan fingerprint density at radius 3 is 2.80 bits per heavy atom. The van der Waals surface area contributed by atoms with E-state index in [0.29, 0.717) is 5.82 Å². The number of rotatable bonds is 4. The molecule has 3 heterocycles. The first-order chi connectivity index (χ1) is 14.6.